The molecule has 0 aromatic heterocycles. The average molecular weight is 659 g/mol. The molecule has 6 nitrogen and oxygen atoms in total. The first-order valence-corrected chi connectivity index (χ1v) is 20.4. The quantitative estimate of drug-likeness (QED) is 0.229. The average Bonchev–Trinajstić information content (AvgIpc) is 3.76. The number of dihydropyridines is 1. The summed E-state index contributed by atoms with van der Waals surface area (Å²) in [7, 11) is 3.75. The van der Waals surface area contributed by atoms with Crippen molar-refractivity contribution in [1.82, 2.24) is 10.6 Å². The minimum atomic E-state index is -0.571. The molecule has 46 heavy (non-hydrogen) atoms. The summed E-state index contributed by atoms with van der Waals surface area (Å²) in [5.41, 5.74) is 6.63. The van der Waals surface area contributed by atoms with Gasteiger partial charge in [-0.2, -0.15) is 0 Å². The molecule has 6 aliphatic carbocycles. The van der Waals surface area contributed by atoms with E-state index in [9.17, 15) is 9.59 Å². The van der Waals surface area contributed by atoms with E-state index in [2.05, 4.69) is 42.7 Å². The van der Waals surface area contributed by atoms with Gasteiger partial charge in [-0.1, -0.05) is 59.9 Å². The maximum Gasteiger partial charge on any atom is 0.340 e. The van der Waals surface area contributed by atoms with Crippen molar-refractivity contribution >= 4 is 33.5 Å². The largest absolute Gasteiger partial charge is 0.427 e. The lowest BCUT2D eigenvalue weighted by Gasteiger charge is -2.57. The topological polar surface area (TPSA) is 76.7 Å². The van der Waals surface area contributed by atoms with Gasteiger partial charge >= 0.3 is 11.9 Å². The zero-order valence-corrected chi connectivity index (χ0v) is 28.8. The van der Waals surface area contributed by atoms with Crippen LogP contribution in [0.3, 0.4) is 0 Å². The molecule has 7 bridgehead atoms. The molecule has 8 heteroatoms. The summed E-state index contributed by atoms with van der Waals surface area (Å²) in [6, 6.07) is 0. The summed E-state index contributed by atoms with van der Waals surface area (Å²) in [6.45, 7) is 5.40. The Balaban J connectivity index is 1.23. The van der Waals surface area contributed by atoms with Gasteiger partial charge in [-0.05, 0) is 117 Å². The molecule has 2 N–H and O–H groups in total. The zero-order valence-electron chi connectivity index (χ0n) is 27.2. The van der Waals surface area contributed by atoms with Crippen LogP contribution in [0.4, 0.5) is 0 Å². The third-order valence-electron chi connectivity index (χ3n) is 13.4. The molecule has 1 spiro atoms. The van der Waals surface area contributed by atoms with Gasteiger partial charge in [0.05, 0.1) is 22.7 Å². The fourth-order valence-electron chi connectivity index (χ4n) is 11.4. The molecule has 6 atom stereocenters. The smallest absolute Gasteiger partial charge is 0.340 e. The van der Waals surface area contributed by atoms with Crippen LogP contribution in [0.15, 0.2) is 69.0 Å². The number of hydrogen-bond donors (Lipinski definition) is 2. The first-order chi connectivity index (χ1) is 22.4. The van der Waals surface area contributed by atoms with Crippen molar-refractivity contribution in [2.75, 3.05) is 18.2 Å². The lowest BCUT2D eigenvalue weighted by atomic mass is 9.43. The van der Waals surface area contributed by atoms with Crippen molar-refractivity contribution in [3.8, 4) is 0 Å². The number of nitrogens with one attached hydrogen (secondary N) is 2. The highest BCUT2D eigenvalue weighted by molar-refractivity contribution is 8.76. The molecule has 0 radical (unpaired) electrons. The van der Waals surface area contributed by atoms with Gasteiger partial charge in [-0.15, -0.1) is 0 Å². The Morgan fingerprint density at radius 2 is 1.87 bits per heavy atom. The van der Waals surface area contributed by atoms with Crippen molar-refractivity contribution < 1.29 is 19.1 Å². The Bertz CT molecular complexity index is 1590. The molecule has 3 fully saturated rings. The SMILES string of the molecule is CCC1(C2=C3OC(=O)C4=C3[C@@H](CC2)C[C@H]2[C@@H]3CC[C@@]5(C6=C3CC3=CCNC(=C3)NCSSC[C@H](C)C/C=C/5OC6=O)[C@@H]42)CCCC1. The minimum Gasteiger partial charge on any atom is -0.427 e. The number of carbonyl (C=O) groups excluding carboxylic acids is 2. The Morgan fingerprint density at radius 1 is 1.00 bits per heavy atom. The highest BCUT2D eigenvalue weighted by atomic mass is 33.1. The number of ether oxygens (including phenoxy) is 2. The molecule has 244 valence electrons. The predicted molar refractivity (Wildman–Crippen MR) is 183 cm³/mol. The van der Waals surface area contributed by atoms with Crippen LogP contribution < -0.4 is 10.6 Å². The van der Waals surface area contributed by atoms with Gasteiger partial charge in [0, 0.05) is 29.4 Å². The Kier molecular flexibility index (Phi) is 7.20. The van der Waals surface area contributed by atoms with E-state index in [-0.39, 0.29) is 29.2 Å². The third-order valence-corrected chi connectivity index (χ3v) is 15.7. The zero-order chi connectivity index (χ0) is 31.2. The second-order valence-corrected chi connectivity index (χ2v) is 17.9. The van der Waals surface area contributed by atoms with Crippen LogP contribution in [-0.2, 0) is 19.1 Å². The lowest BCUT2D eigenvalue weighted by molar-refractivity contribution is -0.135. The van der Waals surface area contributed by atoms with Crippen molar-refractivity contribution in [1.29, 1.82) is 0 Å². The molecule has 0 unspecified atom stereocenters. The predicted octanol–water partition coefficient (Wildman–Crippen LogP) is 7.99. The van der Waals surface area contributed by atoms with Gasteiger partial charge in [0.2, 0.25) is 0 Å². The van der Waals surface area contributed by atoms with E-state index in [0.29, 0.717) is 17.8 Å². The van der Waals surface area contributed by atoms with E-state index < -0.39 is 5.41 Å². The molecule has 10 aliphatic rings. The van der Waals surface area contributed by atoms with Crippen LogP contribution in [0.2, 0.25) is 0 Å². The molecule has 0 amide bonds. The summed E-state index contributed by atoms with van der Waals surface area (Å²) < 4.78 is 12.9. The van der Waals surface area contributed by atoms with Crippen molar-refractivity contribution in [3.63, 3.8) is 0 Å². The molecule has 0 aromatic rings. The molecular formula is C38H46N2O4S2. The van der Waals surface area contributed by atoms with E-state index in [4.69, 9.17) is 9.47 Å². The molecule has 2 saturated carbocycles. The van der Waals surface area contributed by atoms with E-state index in [1.54, 1.807) is 0 Å². The maximum absolute atomic E-state index is 14.3. The van der Waals surface area contributed by atoms with Gasteiger partial charge in [0.25, 0.3) is 0 Å². The first kappa shape index (κ1) is 29.8. The third kappa shape index (κ3) is 4.23. The number of carbonyl (C=O) groups is 2. The minimum absolute atomic E-state index is 0.0478. The van der Waals surface area contributed by atoms with Crippen LogP contribution in [0.1, 0.15) is 90.9 Å². The van der Waals surface area contributed by atoms with Gasteiger partial charge in [-0.3, -0.25) is 0 Å². The van der Waals surface area contributed by atoms with Crippen molar-refractivity contribution in [3.05, 3.63) is 69.0 Å². The van der Waals surface area contributed by atoms with Crippen molar-refractivity contribution in [2.45, 2.75) is 90.9 Å². The first-order valence-electron chi connectivity index (χ1n) is 17.9. The second-order valence-electron chi connectivity index (χ2n) is 15.4. The van der Waals surface area contributed by atoms with Gasteiger partial charge in [-0.25, -0.2) is 9.59 Å². The Labute approximate surface area is 280 Å². The number of rotatable bonds is 2. The van der Waals surface area contributed by atoms with Crippen LogP contribution in [0.5, 0.6) is 0 Å². The van der Waals surface area contributed by atoms with Crippen LogP contribution in [-0.4, -0.2) is 30.1 Å². The highest BCUT2D eigenvalue weighted by Crippen LogP contribution is 2.72. The fourth-order valence-corrected chi connectivity index (χ4v) is 13.5. The Hall–Kier alpha value is -2.32. The van der Waals surface area contributed by atoms with Crippen LogP contribution >= 0.6 is 21.6 Å². The molecular weight excluding hydrogens is 613 g/mol. The standard InChI is InChI=1S/C38H46N2O4S2/c1-3-37(12-4-5-13-37)27-8-7-23-18-26-24-10-14-38(32(26)31-30(23)34(27)44-35(31)41)28-9-6-21(2)19-45-46-20-40-29-17-22(11-15-39-29)16-25(24)33(38)36(42)43-28/h9,11,17,21,23-24,26,32,39-40H,3-8,10,12-16,18-20H2,1-2H3/b28-9-/t21-,23+,24-,26+,32-,38+/m1/s1. The number of esters is 2. The lowest BCUT2D eigenvalue weighted by Crippen LogP contribution is -2.53. The molecule has 10 rings (SSSR count). The molecule has 0 aromatic carbocycles. The summed E-state index contributed by atoms with van der Waals surface area (Å²) in [4.78, 5) is 28.5. The van der Waals surface area contributed by atoms with E-state index in [1.165, 1.54) is 48.0 Å². The summed E-state index contributed by atoms with van der Waals surface area (Å²) in [6.07, 6.45) is 19.6. The van der Waals surface area contributed by atoms with Gasteiger partial charge < -0.3 is 20.1 Å². The van der Waals surface area contributed by atoms with Crippen LogP contribution in [0, 0.1) is 40.4 Å². The number of hydrogen-bond acceptors (Lipinski definition) is 8. The van der Waals surface area contributed by atoms with Gasteiger partial charge in [0.15, 0.2) is 0 Å². The maximum atomic E-state index is 14.3. The normalized spacial score (nSPS) is 39.0. The molecule has 4 aliphatic heterocycles. The van der Waals surface area contributed by atoms with Crippen LogP contribution in [0.25, 0.3) is 0 Å². The summed E-state index contributed by atoms with van der Waals surface area (Å²) in [5.74, 6) is 5.80. The second kappa shape index (κ2) is 11.1. The highest BCUT2D eigenvalue weighted by Gasteiger charge is 2.69. The van der Waals surface area contributed by atoms with Crippen molar-refractivity contribution in [2.24, 2.45) is 40.4 Å². The van der Waals surface area contributed by atoms with E-state index in [1.807, 2.05) is 21.6 Å². The monoisotopic (exact) mass is 658 g/mol. The Morgan fingerprint density at radius 3 is 2.72 bits per heavy atom. The molecule has 1 saturated heterocycles. The summed E-state index contributed by atoms with van der Waals surface area (Å²) >= 11 is 0. The summed E-state index contributed by atoms with van der Waals surface area (Å²) in [5, 5.41) is 7.07. The fraction of sp³-hybridized carbons (Fsp3) is 0.632. The van der Waals surface area contributed by atoms with E-state index >= 15 is 0 Å². The molecule has 4 heterocycles. The number of fused-ring (bicyclic) bond motifs is 2. The number of allylic oxidation sites excluding steroid dienone is 7. The van der Waals surface area contributed by atoms with Gasteiger partial charge in [0.1, 0.15) is 11.5 Å². The van der Waals surface area contributed by atoms with E-state index in [0.717, 1.165) is 98.0 Å².